The lowest BCUT2D eigenvalue weighted by Crippen LogP contribution is -2.21. The number of hydrogen-bond acceptors (Lipinski definition) is 8. The average molecular weight is 422 g/mol. The zero-order valence-corrected chi connectivity index (χ0v) is 17.2. The largest absolute Gasteiger partial charge is 0.496 e. The highest BCUT2D eigenvalue weighted by atomic mass is 16.5. The van der Waals surface area contributed by atoms with Gasteiger partial charge in [-0.1, -0.05) is 0 Å². The van der Waals surface area contributed by atoms with E-state index in [0.717, 1.165) is 5.56 Å². The molecule has 0 amide bonds. The number of rotatable bonds is 5. The Kier molecular flexibility index (Phi) is 4.98. The van der Waals surface area contributed by atoms with Gasteiger partial charge in [-0.05, 0) is 36.8 Å². The lowest BCUT2D eigenvalue weighted by atomic mass is 10.0. The number of hydrogen-bond donors (Lipinski definition) is 0. The van der Waals surface area contributed by atoms with Gasteiger partial charge >= 0.3 is 11.3 Å². The first-order chi connectivity index (χ1) is 14.9. The molecule has 8 nitrogen and oxygen atoms in total. The maximum Gasteiger partial charge on any atom is 0.347 e. The molecule has 0 N–H and O–H groups in total. The van der Waals surface area contributed by atoms with Gasteiger partial charge in [-0.15, -0.1) is 0 Å². The van der Waals surface area contributed by atoms with Gasteiger partial charge in [0, 0.05) is 12.1 Å². The fourth-order valence-corrected chi connectivity index (χ4v) is 3.40. The van der Waals surface area contributed by atoms with E-state index in [0.29, 0.717) is 28.0 Å². The molecule has 4 aromatic rings. The normalized spacial score (nSPS) is 11.0. The van der Waals surface area contributed by atoms with Crippen molar-refractivity contribution in [1.82, 2.24) is 0 Å². The van der Waals surface area contributed by atoms with Crippen LogP contribution in [-0.4, -0.2) is 27.1 Å². The number of methoxy groups -OCH3 is 3. The van der Waals surface area contributed by atoms with Gasteiger partial charge in [0.15, 0.2) is 0 Å². The van der Waals surface area contributed by atoms with Crippen LogP contribution in [0.25, 0.3) is 21.9 Å². The third-order valence-corrected chi connectivity index (χ3v) is 4.91. The molecule has 31 heavy (non-hydrogen) atoms. The van der Waals surface area contributed by atoms with Gasteiger partial charge in [0.05, 0.1) is 32.1 Å². The van der Waals surface area contributed by atoms with Crippen LogP contribution in [0, 0.1) is 6.92 Å². The predicted molar refractivity (Wildman–Crippen MR) is 113 cm³/mol. The molecule has 0 bridgehead atoms. The lowest BCUT2D eigenvalue weighted by molar-refractivity contribution is 0.103. The third kappa shape index (κ3) is 3.42. The lowest BCUT2D eigenvalue weighted by Gasteiger charge is -2.09. The minimum absolute atomic E-state index is 0.181. The van der Waals surface area contributed by atoms with E-state index in [-0.39, 0.29) is 22.3 Å². The van der Waals surface area contributed by atoms with Crippen LogP contribution in [0.4, 0.5) is 0 Å². The van der Waals surface area contributed by atoms with E-state index in [1.807, 2.05) is 6.92 Å². The molecule has 0 saturated heterocycles. The van der Waals surface area contributed by atoms with Crippen molar-refractivity contribution in [3.63, 3.8) is 0 Å². The molecule has 4 rings (SSSR count). The van der Waals surface area contributed by atoms with Gasteiger partial charge in [-0.25, -0.2) is 9.59 Å². The molecule has 2 heterocycles. The van der Waals surface area contributed by atoms with Crippen molar-refractivity contribution in [3.8, 4) is 17.2 Å². The van der Waals surface area contributed by atoms with Crippen LogP contribution in [0.1, 0.15) is 21.5 Å². The van der Waals surface area contributed by atoms with E-state index in [1.165, 1.54) is 39.5 Å². The second-order valence-corrected chi connectivity index (χ2v) is 6.84. The van der Waals surface area contributed by atoms with Gasteiger partial charge < -0.3 is 23.0 Å². The van der Waals surface area contributed by atoms with Crippen LogP contribution < -0.4 is 25.5 Å². The van der Waals surface area contributed by atoms with Gasteiger partial charge in [0.25, 0.3) is 0 Å². The Bertz CT molecular complexity index is 1460. The average Bonchev–Trinajstić information content (AvgIpc) is 2.76. The molecule has 8 heteroatoms. The first-order valence-electron chi connectivity index (χ1n) is 9.23. The molecule has 0 unspecified atom stereocenters. The van der Waals surface area contributed by atoms with E-state index in [1.54, 1.807) is 18.2 Å². The number of ketones is 1. The SMILES string of the molecule is COc1cc(OC)c2cc(C(=O)c3cc4c(OC)cc(C)cc4oc3=O)c(=O)oc2c1. The number of aryl methyl sites for hydroxylation is 1. The summed E-state index contributed by atoms with van der Waals surface area (Å²) in [5.74, 6) is 0.373. The van der Waals surface area contributed by atoms with Crippen molar-refractivity contribution in [1.29, 1.82) is 0 Å². The second-order valence-electron chi connectivity index (χ2n) is 6.84. The molecule has 158 valence electrons. The van der Waals surface area contributed by atoms with Crippen LogP contribution in [0.2, 0.25) is 0 Å². The molecule has 2 aromatic heterocycles. The summed E-state index contributed by atoms with van der Waals surface area (Å²) in [5.41, 5.74) is -1.13. The quantitative estimate of drug-likeness (QED) is 0.356. The molecule has 0 aliphatic carbocycles. The molecule has 0 aliphatic heterocycles. The van der Waals surface area contributed by atoms with E-state index in [2.05, 4.69) is 0 Å². The number of carbonyl (C=O) groups is 1. The maximum absolute atomic E-state index is 13.1. The Hall–Kier alpha value is -4.07. The predicted octanol–water partition coefficient (Wildman–Crippen LogP) is 3.46. The third-order valence-electron chi connectivity index (χ3n) is 4.91. The number of fused-ring (bicyclic) bond motifs is 2. The monoisotopic (exact) mass is 422 g/mol. The first-order valence-corrected chi connectivity index (χ1v) is 9.23. The van der Waals surface area contributed by atoms with Crippen LogP contribution in [-0.2, 0) is 0 Å². The fourth-order valence-electron chi connectivity index (χ4n) is 3.40. The van der Waals surface area contributed by atoms with E-state index in [4.69, 9.17) is 23.0 Å². The zero-order chi connectivity index (χ0) is 22.3. The molecule has 0 radical (unpaired) electrons. The summed E-state index contributed by atoms with van der Waals surface area (Å²) in [4.78, 5) is 38.2. The molecule has 0 aliphatic rings. The summed E-state index contributed by atoms with van der Waals surface area (Å²) in [7, 11) is 4.37. The summed E-state index contributed by atoms with van der Waals surface area (Å²) in [6.45, 7) is 1.82. The molecule has 0 atom stereocenters. The van der Waals surface area contributed by atoms with Crippen molar-refractivity contribution < 1.29 is 27.8 Å². The van der Waals surface area contributed by atoms with Gasteiger partial charge in [0.2, 0.25) is 5.78 Å². The minimum atomic E-state index is -0.900. The van der Waals surface area contributed by atoms with Gasteiger partial charge in [-0.2, -0.15) is 0 Å². The molecule has 2 aromatic carbocycles. The smallest absolute Gasteiger partial charge is 0.347 e. The Morgan fingerprint density at radius 2 is 1.23 bits per heavy atom. The van der Waals surface area contributed by atoms with Crippen LogP contribution in [0.5, 0.6) is 17.2 Å². The first kappa shape index (κ1) is 20.2. The number of ether oxygens (including phenoxy) is 3. The second kappa shape index (κ2) is 7.64. The molecular formula is C23H18O8. The Balaban J connectivity index is 1.93. The highest BCUT2D eigenvalue weighted by molar-refractivity contribution is 6.11. The maximum atomic E-state index is 13.1. The van der Waals surface area contributed by atoms with Crippen molar-refractivity contribution in [2.45, 2.75) is 6.92 Å². The van der Waals surface area contributed by atoms with Crippen molar-refractivity contribution in [2.75, 3.05) is 21.3 Å². The minimum Gasteiger partial charge on any atom is -0.496 e. The number of carbonyl (C=O) groups excluding carboxylic acids is 1. The van der Waals surface area contributed by atoms with E-state index in [9.17, 15) is 14.4 Å². The van der Waals surface area contributed by atoms with Crippen molar-refractivity contribution in [3.05, 3.63) is 73.9 Å². The highest BCUT2D eigenvalue weighted by Gasteiger charge is 2.23. The Morgan fingerprint density at radius 3 is 1.74 bits per heavy atom. The van der Waals surface area contributed by atoms with Gasteiger partial charge in [0.1, 0.15) is 39.5 Å². The van der Waals surface area contributed by atoms with Gasteiger partial charge in [-0.3, -0.25) is 4.79 Å². The summed E-state index contributed by atoms with van der Waals surface area (Å²) >= 11 is 0. The van der Waals surface area contributed by atoms with Crippen molar-refractivity contribution >= 4 is 27.7 Å². The summed E-state index contributed by atoms with van der Waals surface area (Å²) < 4.78 is 26.5. The van der Waals surface area contributed by atoms with E-state index < -0.39 is 17.0 Å². The Labute approximate surface area is 175 Å². The fraction of sp³-hybridized carbons (Fsp3) is 0.174. The summed E-state index contributed by atoms with van der Waals surface area (Å²) in [5, 5.41) is 0.813. The van der Waals surface area contributed by atoms with Crippen molar-refractivity contribution in [2.24, 2.45) is 0 Å². The van der Waals surface area contributed by atoms with Crippen LogP contribution >= 0.6 is 0 Å². The number of benzene rings is 2. The van der Waals surface area contributed by atoms with Crippen LogP contribution in [0.15, 0.2) is 54.8 Å². The summed E-state index contributed by atoms with van der Waals surface area (Å²) in [6, 6.07) is 9.20. The molecule has 0 fully saturated rings. The van der Waals surface area contributed by atoms with E-state index >= 15 is 0 Å². The Morgan fingerprint density at radius 1 is 0.710 bits per heavy atom. The topological polar surface area (TPSA) is 105 Å². The standard InChI is InChI=1S/C23H18O8/c1-11-5-17(28-3)13-9-15(22(25)30-19(13)6-11)21(24)16-10-14-18(29-4)7-12(27-2)8-20(14)31-23(16)26/h5-10H,1-4H3. The molecule has 0 saturated carbocycles. The van der Waals surface area contributed by atoms with Crippen LogP contribution in [0.3, 0.4) is 0 Å². The molecule has 0 spiro atoms. The zero-order valence-electron chi connectivity index (χ0n) is 17.2. The highest BCUT2D eigenvalue weighted by Crippen LogP contribution is 2.32. The summed E-state index contributed by atoms with van der Waals surface area (Å²) in [6.07, 6.45) is 0. The molecular weight excluding hydrogens is 404 g/mol.